The highest BCUT2D eigenvalue weighted by Crippen LogP contribution is 2.26. The van der Waals surface area contributed by atoms with Crippen LogP contribution >= 0.6 is 11.6 Å². The lowest BCUT2D eigenvalue weighted by Crippen LogP contribution is -2.05. The summed E-state index contributed by atoms with van der Waals surface area (Å²) in [6.45, 7) is 0.480. The number of ether oxygens (including phenoxy) is 2. The van der Waals surface area contributed by atoms with Crippen molar-refractivity contribution >= 4 is 23.3 Å². The molecule has 0 bridgehead atoms. The van der Waals surface area contributed by atoms with Crippen LogP contribution in [0.4, 0.5) is 5.69 Å². The SMILES string of the molecule is COC(=O)c1ccc(CNc2cc(OC)ccc2Cl)nc1. The summed E-state index contributed by atoms with van der Waals surface area (Å²) in [6.07, 6.45) is 1.48. The minimum Gasteiger partial charge on any atom is -0.497 e. The molecule has 2 rings (SSSR count). The smallest absolute Gasteiger partial charge is 0.339 e. The van der Waals surface area contributed by atoms with E-state index in [-0.39, 0.29) is 0 Å². The molecule has 1 aromatic carbocycles. The first kappa shape index (κ1) is 15.1. The van der Waals surface area contributed by atoms with E-state index in [1.165, 1.54) is 13.3 Å². The van der Waals surface area contributed by atoms with Gasteiger partial charge in [-0.25, -0.2) is 4.79 Å². The van der Waals surface area contributed by atoms with Gasteiger partial charge < -0.3 is 14.8 Å². The molecule has 1 aromatic heterocycles. The fourth-order valence-corrected chi connectivity index (χ4v) is 1.90. The molecular weight excluding hydrogens is 292 g/mol. The molecule has 5 nitrogen and oxygen atoms in total. The molecule has 1 heterocycles. The van der Waals surface area contributed by atoms with Crippen molar-refractivity contribution in [2.24, 2.45) is 0 Å². The van der Waals surface area contributed by atoms with E-state index in [1.54, 1.807) is 31.4 Å². The number of methoxy groups -OCH3 is 2. The van der Waals surface area contributed by atoms with Gasteiger partial charge in [0.15, 0.2) is 0 Å². The van der Waals surface area contributed by atoms with Crippen molar-refractivity contribution in [3.8, 4) is 5.75 Å². The second-order valence-corrected chi connectivity index (χ2v) is 4.64. The van der Waals surface area contributed by atoms with Gasteiger partial charge in [-0.15, -0.1) is 0 Å². The topological polar surface area (TPSA) is 60.5 Å². The highest BCUT2D eigenvalue weighted by atomic mass is 35.5. The Labute approximate surface area is 127 Å². The number of aromatic nitrogens is 1. The summed E-state index contributed by atoms with van der Waals surface area (Å²) in [4.78, 5) is 15.5. The van der Waals surface area contributed by atoms with Crippen LogP contribution in [0.3, 0.4) is 0 Å². The van der Waals surface area contributed by atoms with Gasteiger partial charge in [-0.05, 0) is 24.3 Å². The van der Waals surface area contributed by atoms with Crippen LogP contribution in [0.1, 0.15) is 16.1 Å². The predicted molar refractivity (Wildman–Crippen MR) is 80.9 cm³/mol. The van der Waals surface area contributed by atoms with Gasteiger partial charge >= 0.3 is 5.97 Å². The molecule has 0 saturated carbocycles. The van der Waals surface area contributed by atoms with Crippen LogP contribution in [-0.2, 0) is 11.3 Å². The fraction of sp³-hybridized carbons (Fsp3) is 0.200. The van der Waals surface area contributed by atoms with Gasteiger partial charge in [0, 0.05) is 12.3 Å². The van der Waals surface area contributed by atoms with Crippen LogP contribution in [0.5, 0.6) is 5.75 Å². The van der Waals surface area contributed by atoms with Crippen LogP contribution in [0, 0.1) is 0 Å². The second kappa shape index (κ2) is 6.95. The van der Waals surface area contributed by atoms with Crippen molar-refractivity contribution in [2.75, 3.05) is 19.5 Å². The minimum absolute atomic E-state index is 0.405. The van der Waals surface area contributed by atoms with Gasteiger partial charge in [0.1, 0.15) is 5.75 Å². The van der Waals surface area contributed by atoms with Crippen LogP contribution in [0.2, 0.25) is 5.02 Å². The Morgan fingerprint density at radius 2 is 2.10 bits per heavy atom. The number of carbonyl (C=O) groups is 1. The summed E-state index contributed by atoms with van der Waals surface area (Å²) in [5, 5.41) is 3.78. The first-order valence-corrected chi connectivity index (χ1v) is 6.62. The van der Waals surface area contributed by atoms with E-state index in [4.69, 9.17) is 16.3 Å². The third-order valence-electron chi connectivity index (χ3n) is 2.88. The third kappa shape index (κ3) is 3.86. The van der Waals surface area contributed by atoms with E-state index < -0.39 is 5.97 Å². The summed E-state index contributed by atoms with van der Waals surface area (Å²) in [7, 11) is 2.93. The fourth-order valence-electron chi connectivity index (χ4n) is 1.72. The number of halogens is 1. The molecule has 0 aliphatic rings. The molecule has 0 saturated heterocycles. The molecule has 0 unspecified atom stereocenters. The molecule has 110 valence electrons. The van der Waals surface area contributed by atoms with Crippen molar-refractivity contribution in [3.05, 3.63) is 52.8 Å². The first-order chi connectivity index (χ1) is 10.1. The summed E-state index contributed by atoms with van der Waals surface area (Å²) in [5.41, 5.74) is 1.96. The highest BCUT2D eigenvalue weighted by molar-refractivity contribution is 6.33. The number of nitrogens with one attached hydrogen (secondary N) is 1. The van der Waals surface area contributed by atoms with E-state index in [2.05, 4.69) is 15.0 Å². The van der Waals surface area contributed by atoms with Crippen molar-refractivity contribution in [3.63, 3.8) is 0 Å². The number of hydrogen-bond acceptors (Lipinski definition) is 5. The summed E-state index contributed by atoms with van der Waals surface area (Å²) >= 11 is 6.11. The van der Waals surface area contributed by atoms with Gasteiger partial charge in [-0.1, -0.05) is 11.6 Å². The maximum absolute atomic E-state index is 11.3. The summed E-state index contributed by atoms with van der Waals surface area (Å²) < 4.78 is 9.77. The zero-order chi connectivity index (χ0) is 15.2. The van der Waals surface area contributed by atoms with E-state index in [1.807, 2.05) is 6.07 Å². The molecule has 21 heavy (non-hydrogen) atoms. The Morgan fingerprint density at radius 1 is 1.29 bits per heavy atom. The van der Waals surface area contributed by atoms with E-state index in [0.717, 1.165) is 17.1 Å². The Balaban J connectivity index is 2.04. The summed E-state index contributed by atoms with van der Waals surface area (Å²) in [5.74, 6) is 0.314. The average molecular weight is 307 g/mol. The number of pyridine rings is 1. The van der Waals surface area contributed by atoms with Gasteiger partial charge in [0.25, 0.3) is 0 Å². The number of hydrogen-bond donors (Lipinski definition) is 1. The molecule has 0 spiro atoms. The van der Waals surface area contributed by atoms with Gasteiger partial charge in [-0.3, -0.25) is 4.98 Å². The minimum atomic E-state index is -0.405. The molecule has 0 fully saturated rings. The Hall–Kier alpha value is -2.27. The normalized spacial score (nSPS) is 10.0. The number of esters is 1. The molecule has 0 aliphatic heterocycles. The maximum atomic E-state index is 11.3. The van der Waals surface area contributed by atoms with Crippen LogP contribution in [0.15, 0.2) is 36.5 Å². The molecular formula is C15H15ClN2O3. The molecule has 0 atom stereocenters. The standard InChI is InChI=1S/C15H15ClN2O3/c1-20-12-5-6-13(16)14(7-12)18-9-11-4-3-10(8-17-11)15(19)21-2/h3-8,18H,9H2,1-2H3. The number of benzene rings is 1. The lowest BCUT2D eigenvalue weighted by atomic mass is 10.2. The molecule has 0 aliphatic carbocycles. The number of nitrogens with zero attached hydrogens (tertiary/aromatic N) is 1. The van der Waals surface area contributed by atoms with Gasteiger partial charge in [0.05, 0.1) is 42.7 Å². The third-order valence-corrected chi connectivity index (χ3v) is 3.21. The quantitative estimate of drug-likeness (QED) is 0.860. The molecule has 0 radical (unpaired) electrons. The van der Waals surface area contributed by atoms with Crippen LogP contribution in [-0.4, -0.2) is 25.2 Å². The average Bonchev–Trinajstić information content (AvgIpc) is 2.54. The molecule has 2 aromatic rings. The largest absolute Gasteiger partial charge is 0.497 e. The summed E-state index contributed by atoms with van der Waals surface area (Å²) in [6, 6.07) is 8.79. The number of rotatable bonds is 5. The lowest BCUT2D eigenvalue weighted by molar-refractivity contribution is 0.0600. The predicted octanol–water partition coefficient (Wildman–Crippen LogP) is 3.14. The van der Waals surface area contributed by atoms with Gasteiger partial charge in [-0.2, -0.15) is 0 Å². The number of anilines is 1. The lowest BCUT2D eigenvalue weighted by Gasteiger charge is -2.10. The van der Waals surface area contributed by atoms with Crippen molar-refractivity contribution in [1.82, 2.24) is 4.98 Å². The monoisotopic (exact) mass is 306 g/mol. The van der Waals surface area contributed by atoms with Crippen LogP contribution < -0.4 is 10.1 Å². The number of carbonyl (C=O) groups excluding carboxylic acids is 1. The van der Waals surface area contributed by atoms with E-state index >= 15 is 0 Å². The molecule has 0 amide bonds. The van der Waals surface area contributed by atoms with Crippen molar-refractivity contribution in [2.45, 2.75) is 6.54 Å². The Kier molecular flexibility index (Phi) is 5.00. The highest BCUT2D eigenvalue weighted by Gasteiger charge is 2.06. The van der Waals surface area contributed by atoms with Crippen LogP contribution in [0.25, 0.3) is 0 Å². The molecule has 6 heteroatoms. The Morgan fingerprint density at radius 3 is 2.71 bits per heavy atom. The van der Waals surface area contributed by atoms with Crippen molar-refractivity contribution < 1.29 is 14.3 Å². The maximum Gasteiger partial charge on any atom is 0.339 e. The second-order valence-electron chi connectivity index (χ2n) is 4.23. The zero-order valence-corrected chi connectivity index (χ0v) is 12.5. The van der Waals surface area contributed by atoms with E-state index in [9.17, 15) is 4.79 Å². The Bertz CT molecular complexity index is 629. The van der Waals surface area contributed by atoms with Gasteiger partial charge in [0.2, 0.25) is 0 Å². The van der Waals surface area contributed by atoms with E-state index in [0.29, 0.717) is 17.1 Å². The zero-order valence-electron chi connectivity index (χ0n) is 11.7. The first-order valence-electron chi connectivity index (χ1n) is 6.24. The van der Waals surface area contributed by atoms with Crippen molar-refractivity contribution in [1.29, 1.82) is 0 Å². The molecule has 1 N–H and O–H groups in total.